The van der Waals surface area contributed by atoms with E-state index in [4.69, 9.17) is 17.3 Å². The summed E-state index contributed by atoms with van der Waals surface area (Å²) in [6.45, 7) is 1.96. The molecular weight excluding hydrogens is 364 g/mol. The molecule has 2 N–H and O–H groups in total. The molecule has 0 aliphatic heterocycles. The van der Waals surface area contributed by atoms with Crippen molar-refractivity contribution in [2.24, 2.45) is 12.8 Å². The minimum atomic E-state index is -0.937. The Hall–Kier alpha value is -0.980. The molecule has 1 atom stereocenters. The maximum absolute atomic E-state index is 13.6. The second-order valence-electron chi connectivity index (χ2n) is 4.76. The Morgan fingerprint density at radius 1 is 1.43 bits per heavy atom. The number of halogens is 4. The monoisotopic (exact) mass is 377 g/mol. The van der Waals surface area contributed by atoms with Crippen LogP contribution in [0.2, 0.25) is 5.02 Å². The van der Waals surface area contributed by atoms with E-state index in [-0.39, 0.29) is 4.47 Å². The zero-order valence-corrected chi connectivity index (χ0v) is 14.0. The van der Waals surface area contributed by atoms with Gasteiger partial charge in [0.1, 0.15) is 0 Å². The molecular formula is C14H15BrClF2N3. The molecule has 0 aliphatic rings. The summed E-state index contributed by atoms with van der Waals surface area (Å²) in [4.78, 5) is 0. The lowest BCUT2D eigenvalue weighted by Crippen LogP contribution is -2.17. The molecule has 1 unspecified atom stereocenters. The van der Waals surface area contributed by atoms with E-state index < -0.39 is 17.7 Å². The van der Waals surface area contributed by atoms with E-state index in [1.807, 2.05) is 6.92 Å². The van der Waals surface area contributed by atoms with E-state index in [9.17, 15) is 8.78 Å². The SMILES string of the molecule is CCc1nn(C)c(CC(N)c2ccc(F)c(F)c2Br)c1Cl. The lowest BCUT2D eigenvalue weighted by atomic mass is 10.0. The smallest absolute Gasteiger partial charge is 0.173 e. The minimum absolute atomic E-state index is 0.0454. The molecule has 2 aromatic rings. The van der Waals surface area contributed by atoms with Gasteiger partial charge in [0.05, 0.1) is 20.9 Å². The minimum Gasteiger partial charge on any atom is -0.324 e. The summed E-state index contributed by atoms with van der Waals surface area (Å²) in [7, 11) is 1.79. The predicted molar refractivity (Wildman–Crippen MR) is 82.3 cm³/mol. The first kappa shape index (κ1) is 16.4. The molecule has 1 aromatic heterocycles. The van der Waals surface area contributed by atoms with Crippen molar-refractivity contribution in [3.05, 3.63) is 50.2 Å². The van der Waals surface area contributed by atoms with Gasteiger partial charge in [-0.1, -0.05) is 24.6 Å². The largest absolute Gasteiger partial charge is 0.324 e. The zero-order valence-electron chi connectivity index (χ0n) is 11.6. The zero-order chi connectivity index (χ0) is 15.7. The van der Waals surface area contributed by atoms with Crippen LogP contribution in [0.25, 0.3) is 0 Å². The van der Waals surface area contributed by atoms with Crippen LogP contribution in [0.3, 0.4) is 0 Å². The molecule has 21 heavy (non-hydrogen) atoms. The summed E-state index contributed by atoms with van der Waals surface area (Å²) in [5, 5.41) is 4.89. The summed E-state index contributed by atoms with van der Waals surface area (Å²) in [5.41, 5.74) is 8.18. The van der Waals surface area contributed by atoms with Crippen LogP contribution in [-0.2, 0) is 19.9 Å². The van der Waals surface area contributed by atoms with E-state index >= 15 is 0 Å². The molecule has 7 heteroatoms. The van der Waals surface area contributed by atoms with Gasteiger partial charge >= 0.3 is 0 Å². The molecule has 3 nitrogen and oxygen atoms in total. The predicted octanol–water partition coefficient (Wildman–Crippen LogP) is 3.92. The van der Waals surface area contributed by atoms with Gasteiger partial charge < -0.3 is 5.73 Å². The molecule has 2 rings (SSSR count). The van der Waals surface area contributed by atoms with E-state index in [1.54, 1.807) is 11.7 Å². The Morgan fingerprint density at radius 2 is 2.10 bits per heavy atom. The molecule has 114 valence electrons. The van der Waals surface area contributed by atoms with Gasteiger partial charge in [0.15, 0.2) is 11.6 Å². The summed E-state index contributed by atoms with van der Waals surface area (Å²) in [6, 6.07) is 2.02. The lowest BCUT2D eigenvalue weighted by molar-refractivity contribution is 0.499. The molecule has 1 heterocycles. The Bertz CT molecular complexity index is 673. The van der Waals surface area contributed by atoms with Crippen molar-refractivity contribution in [1.82, 2.24) is 9.78 Å². The highest BCUT2D eigenvalue weighted by molar-refractivity contribution is 9.10. The maximum atomic E-state index is 13.6. The van der Waals surface area contributed by atoms with E-state index in [2.05, 4.69) is 21.0 Å². The molecule has 0 aliphatic carbocycles. The maximum Gasteiger partial charge on any atom is 0.173 e. The number of aromatic nitrogens is 2. The van der Waals surface area contributed by atoms with Crippen molar-refractivity contribution < 1.29 is 8.78 Å². The van der Waals surface area contributed by atoms with Crippen LogP contribution >= 0.6 is 27.5 Å². The van der Waals surface area contributed by atoms with Crippen LogP contribution in [0.1, 0.15) is 29.9 Å². The Morgan fingerprint density at radius 3 is 2.67 bits per heavy atom. The third-order valence-corrected chi connectivity index (χ3v) is 4.62. The fraction of sp³-hybridized carbons (Fsp3) is 0.357. The first-order valence-electron chi connectivity index (χ1n) is 6.46. The molecule has 0 saturated heterocycles. The molecule has 0 radical (unpaired) electrons. The second kappa shape index (κ2) is 6.42. The fourth-order valence-electron chi connectivity index (χ4n) is 2.19. The highest BCUT2D eigenvalue weighted by Gasteiger charge is 2.20. The third kappa shape index (κ3) is 3.12. The van der Waals surface area contributed by atoms with Crippen molar-refractivity contribution in [3.8, 4) is 0 Å². The topological polar surface area (TPSA) is 43.8 Å². The summed E-state index contributed by atoms with van der Waals surface area (Å²) in [6.07, 6.45) is 1.10. The van der Waals surface area contributed by atoms with Crippen molar-refractivity contribution in [2.75, 3.05) is 0 Å². The van der Waals surface area contributed by atoms with Gasteiger partial charge in [0.25, 0.3) is 0 Å². The van der Waals surface area contributed by atoms with Crippen molar-refractivity contribution in [1.29, 1.82) is 0 Å². The van der Waals surface area contributed by atoms with Crippen LogP contribution < -0.4 is 5.73 Å². The molecule has 0 amide bonds. The molecule has 0 bridgehead atoms. The lowest BCUT2D eigenvalue weighted by Gasteiger charge is -2.15. The molecule has 0 fully saturated rings. The standard InChI is InChI=1S/C14H15BrClF2N3/c1-3-10-13(16)11(21(2)20-10)6-9(19)7-4-5-8(17)14(18)12(7)15/h4-5,9H,3,6,19H2,1-2H3. The molecule has 0 spiro atoms. The number of nitrogens with zero attached hydrogens (tertiary/aromatic N) is 2. The van der Waals surface area contributed by atoms with Gasteiger partial charge in [-0.25, -0.2) is 8.78 Å². The van der Waals surface area contributed by atoms with Crippen molar-refractivity contribution in [3.63, 3.8) is 0 Å². The Kier molecular flexibility index (Phi) is 5.01. The number of aryl methyl sites for hydroxylation is 2. The van der Waals surface area contributed by atoms with Crippen LogP contribution in [0.4, 0.5) is 8.78 Å². The normalized spacial score (nSPS) is 12.7. The average molecular weight is 379 g/mol. The summed E-state index contributed by atoms with van der Waals surface area (Å²) < 4.78 is 28.5. The van der Waals surface area contributed by atoms with E-state index in [0.717, 1.165) is 23.9 Å². The van der Waals surface area contributed by atoms with Gasteiger partial charge in [-0.2, -0.15) is 5.10 Å². The van der Waals surface area contributed by atoms with Gasteiger partial charge in [-0.3, -0.25) is 4.68 Å². The number of rotatable bonds is 4. The number of hydrogen-bond acceptors (Lipinski definition) is 2. The van der Waals surface area contributed by atoms with Crippen molar-refractivity contribution >= 4 is 27.5 Å². The van der Waals surface area contributed by atoms with Crippen LogP contribution in [0, 0.1) is 11.6 Å². The quantitative estimate of drug-likeness (QED) is 0.820. The summed E-state index contributed by atoms with van der Waals surface area (Å²) in [5.74, 6) is -1.85. The third-order valence-electron chi connectivity index (χ3n) is 3.38. The summed E-state index contributed by atoms with van der Waals surface area (Å²) >= 11 is 9.32. The van der Waals surface area contributed by atoms with Gasteiger partial charge in [0, 0.05) is 19.5 Å². The first-order valence-corrected chi connectivity index (χ1v) is 7.63. The Balaban J connectivity index is 2.33. The highest BCUT2D eigenvalue weighted by atomic mass is 79.9. The first-order chi connectivity index (χ1) is 9.86. The van der Waals surface area contributed by atoms with Crippen LogP contribution in [0.15, 0.2) is 16.6 Å². The average Bonchev–Trinajstić information content (AvgIpc) is 2.72. The number of hydrogen-bond donors (Lipinski definition) is 1. The van der Waals surface area contributed by atoms with Gasteiger partial charge in [0.2, 0.25) is 0 Å². The number of nitrogens with two attached hydrogens (primary N) is 1. The van der Waals surface area contributed by atoms with Gasteiger partial charge in [-0.05, 0) is 34.0 Å². The second-order valence-corrected chi connectivity index (χ2v) is 5.93. The number of benzene rings is 1. The Labute approximate surface area is 135 Å². The van der Waals surface area contributed by atoms with Crippen molar-refractivity contribution in [2.45, 2.75) is 25.8 Å². The van der Waals surface area contributed by atoms with Crippen LogP contribution in [0.5, 0.6) is 0 Å². The molecule has 1 aromatic carbocycles. The van der Waals surface area contributed by atoms with E-state index in [1.165, 1.54) is 6.07 Å². The van der Waals surface area contributed by atoms with E-state index in [0.29, 0.717) is 17.0 Å². The fourth-order valence-corrected chi connectivity index (χ4v) is 3.17. The van der Waals surface area contributed by atoms with Gasteiger partial charge in [-0.15, -0.1) is 0 Å². The highest BCUT2D eigenvalue weighted by Crippen LogP contribution is 2.30. The molecule has 0 saturated carbocycles. The van der Waals surface area contributed by atoms with Crippen LogP contribution in [-0.4, -0.2) is 9.78 Å².